The van der Waals surface area contributed by atoms with Crippen molar-refractivity contribution in [1.82, 2.24) is 0 Å². The van der Waals surface area contributed by atoms with Crippen molar-refractivity contribution >= 4 is 39.9 Å². The Morgan fingerprint density at radius 1 is 0.556 bits per heavy atom. The highest BCUT2D eigenvalue weighted by Crippen LogP contribution is 2.38. The SMILES string of the molecule is CCOc1ccc(/C(=N\OS(=O)(=O)c2c(F)c(F)c(OC)c(F)c2F)C(F)(F)F)cc1.COCCOCCOCCOc1c(F)c(F)c(SOO[O-])c(F)c1F.COc1c(F)c(F)c(SOO[O-])c(F)c1F. The van der Waals surface area contributed by atoms with Gasteiger partial charge in [-0.05, 0) is 31.2 Å². The van der Waals surface area contributed by atoms with Crippen molar-refractivity contribution < 1.29 is 141 Å². The van der Waals surface area contributed by atoms with Crippen LogP contribution in [0.25, 0.3) is 0 Å². The van der Waals surface area contributed by atoms with Gasteiger partial charge in [0.2, 0.25) is 34.9 Å². The molecule has 0 radical (unpaired) electrons. The minimum atomic E-state index is -5.87. The fourth-order valence-electron chi connectivity index (χ4n) is 4.66. The van der Waals surface area contributed by atoms with Gasteiger partial charge in [-0.2, -0.15) is 56.6 Å². The average molecular weight is 1130 g/mol. The standard InChI is InChI=1S/C17H12F7NO5S.C13H16F4O7S.C7H4F4O4S/c1-3-29-9-6-4-8(5-7-9)16(17(22,23)24)25-30-31(26,27)15-12(20)10(18)14(28-2)11(19)13(15)21;1-19-2-3-20-4-5-21-6-7-22-12-8(14)10(16)13(25-24-23-18)11(17)9(12)15;1-13-6-2(8)4(10)7(16-15-14-12)5(11)3(6)9/h4-7H,3H2,1-2H3;18H,2-7H2,1H3;12H,1H3/p-2/b25-16+;;. The normalized spacial score (nSPS) is 11.7. The maximum Gasteiger partial charge on any atom is 0.437 e. The van der Waals surface area contributed by atoms with E-state index in [1.807, 2.05) is 0 Å². The van der Waals surface area contributed by atoms with Crippen molar-refractivity contribution in [2.75, 3.05) is 67.6 Å². The average Bonchev–Trinajstić information content (AvgIpc) is 3.33. The predicted octanol–water partition coefficient (Wildman–Crippen LogP) is 7.34. The van der Waals surface area contributed by atoms with Gasteiger partial charge in [0.1, 0.15) is 22.1 Å². The first-order chi connectivity index (χ1) is 33.9. The van der Waals surface area contributed by atoms with Gasteiger partial charge in [-0.1, -0.05) is 5.16 Å². The number of hydrogen-bond acceptors (Lipinski definition) is 19. The fourth-order valence-corrected chi connectivity index (χ4v) is 6.36. The van der Waals surface area contributed by atoms with Crippen LogP contribution in [0.4, 0.5) is 65.9 Å². The Morgan fingerprint density at radius 3 is 1.32 bits per heavy atom. The van der Waals surface area contributed by atoms with Crippen molar-refractivity contribution in [3.8, 4) is 23.0 Å². The fraction of sp³-hybridized carbons (Fsp3) is 0.324. The molecule has 0 aliphatic carbocycles. The molecule has 4 aromatic carbocycles. The van der Waals surface area contributed by atoms with E-state index in [9.17, 15) is 84.8 Å². The predicted molar refractivity (Wildman–Crippen MR) is 205 cm³/mol. The summed E-state index contributed by atoms with van der Waals surface area (Å²) in [6.45, 7) is 2.64. The Bertz CT molecular complexity index is 2460. The van der Waals surface area contributed by atoms with Gasteiger partial charge in [-0.25, -0.2) is 26.3 Å². The van der Waals surface area contributed by atoms with Gasteiger partial charge in [0.05, 0.1) is 77.9 Å². The third kappa shape index (κ3) is 16.9. The second-order valence-electron chi connectivity index (χ2n) is 12.1. The molecule has 0 spiro atoms. The summed E-state index contributed by atoms with van der Waals surface area (Å²) < 4.78 is 270. The molecule has 0 bridgehead atoms. The molecule has 35 heteroatoms. The zero-order valence-electron chi connectivity index (χ0n) is 36.1. The minimum Gasteiger partial charge on any atom is -0.691 e. The van der Waals surface area contributed by atoms with Crippen LogP contribution in [0.1, 0.15) is 12.5 Å². The monoisotopic (exact) mass is 1130 g/mol. The Morgan fingerprint density at radius 2 is 0.944 bits per heavy atom. The molecule has 0 fully saturated rings. The molecule has 0 N–H and O–H groups in total. The van der Waals surface area contributed by atoms with Crippen LogP contribution in [0.3, 0.4) is 0 Å². The maximum absolute atomic E-state index is 14.0. The molecule has 404 valence electrons. The van der Waals surface area contributed by atoms with Crippen LogP contribution in [0, 0.1) is 69.8 Å². The Balaban J connectivity index is 0.000000389. The van der Waals surface area contributed by atoms with Crippen molar-refractivity contribution in [2.45, 2.75) is 27.8 Å². The number of benzene rings is 4. The molecule has 0 unspecified atom stereocenters. The minimum absolute atomic E-state index is 0.0978. The lowest BCUT2D eigenvalue weighted by atomic mass is 10.1. The largest absolute Gasteiger partial charge is 0.691 e. The van der Waals surface area contributed by atoms with E-state index in [2.05, 4.69) is 42.4 Å². The second-order valence-corrected chi connectivity index (χ2v) is 15.0. The van der Waals surface area contributed by atoms with Gasteiger partial charge in [0, 0.05) is 12.7 Å². The van der Waals surface area contributed by atoms with Gasteiger partial charge in [-0.15, -0.1) is 0 Å². The summed E-state index contributed by atoms with van der Waals surface area (Å²) in [6, 6.07) is 3.95. The van der Waals surface area contributed by atoms with E-state index in [4.69, 9.17) is 18.9 Å². The first-order valence-corrected chi connectivity index (χ1v) is 21.3. The third-order valence-electron chi connectivity index (χ3n) is 7.71. The number of ether oxygens (including phenoxy) is 7. The van der Waals surface area contributed by atoms with Crippen LogP contribution in [-0.4, -0.2) is 87.9 Å². The molecule has 72 heavy (non-hydrogen) atoms. The molecule has 0 aromatic heterocycles. The van der Waals surface area contributed by atoms with E-state index in [1.54, 1.807) is 6.92 Å². The first kappa shape index (κ1) is 62.9. The second kappa shape index (κ2) is 30.1. The van der Waals surface area contributed by atoms with E-state index >= 15 is 0 Å². The number of nitrogens with zero attached hydrogens (tertiary/aromatic N) is 1. The molecule has 0 amide bonds. The van der Waals surface area contributed by atoms with E-state index < -0.39 is 129 Å². The molecule has 4 aromatic rings. The molecule has 17 nitrogen and oxygen atoms in total. The first-order valence-electron chi connectivity index (χ1n) is 18.4. The van der Waals surface area contributed by atoms with E-state index in [0.29, 0.717) is 20.3 Å². The van der Waals surface area contributed by atoms with Gasteiger partial charge in [0.25, 0.3) is 0 Å². The van der Waals surface area contributed by atoms with Crippen LogP contribution in [-0.2, 0) is 47.4 Å². The number of alkyl halides is 3. The zero-order chi connectivity index (χ0) is 54.5. The van der Waals surface area contributed by atoms with Crippen LogP contribution in [0.15, 0.2) is 44.1 Å². The third-order valence-corrected chi connectivity index (χ3v) is 10.1. The van der Waals surface area contributed by atoms with Gasteiger partial charge >= 0.3 is 16.3 Å². The number of hydrogen-bond donors (Lipinski definition) is 0. The van der Waals surface area contributed by atoms with Crippen LogP contribution in [0.5, 0.6) is 23.0 Å². The molecular weight excluding hydrogens is 1100 g/mol. The quantitative estimate of drug-likeness (QED) is 0.0128. The highest BCUT2D eigenvalue weighted by Gasteiger charge is 2.40. The highest BCUT2D eigenvalue weighted by molar-refractivity contribution is 7.94. The van der Waals surface area contributed by atoms with E-state index in [-0.39, 0.29) is 62.9 Å². The zero-order valence-corrected chi connectivity index (χ0v) is 38.6. The van der Waals surface area contributed by atoms with E-state index in [1.165, 1.54) is 7.11 Å². The Labute approximate surface area is 403 Å². The number of oxime groups is 1. The van der Waals surface area contributed by atoms with Crippen LogP contribution >= 0.6 is 24.1 Å². The van der Waals surface area contributed by atoms with Gasteiger partial charge < -0.3 is 43.7 Å². The van der Waals surface area contributed by atoms with Crippen molar-refractivity contribution in [3.63, 3.8) is 0 Å². The number of rotatable bonds is 24. The molecule has 0 aliphatic heterocycles. The maximum atomic E-state index is 14.0. The Hall–Kier alpha value is -5.21. The van der Waals surface area contributed by atoms with E-state index in [0.717, 1.165) is 31.4 Å². The summed E-state index contributed by atoms with van der Waals surface area (Å²) in [5, 5.41) is 27.1. The molecular formula is C37H30F15NO16S3-2. The van der Waals surface area contributed by atoms with Crippen molar-refractivity contribution in [1.29, 1.82) is 0 Å². The summed E-state index contributed by atoms with van der Waals surface area (Å²) in [5.74, 6) is -27.4. The summed E-state index contributed by atoms with van der Waals surface area (Å²) in [5.41, 5.74) is -2.60. The van der Waals surface area contributed by atoms with Gasteiger partial charge in [-0.3, -0.25) is 14.4 Å². The lowest BCUT2D eigenvalue weighted by Gasteiger charge is -2.13. The summed E-state index contributed by atoms with van der Waals surface area (Å²) in [7, 11) is -2.87. The molecule has 0 heterocycles. The number of halogens is 15. The van der Waals surface area contributed by atoms with Crippen molar-refractivity contribution in [2.24, 2.45) is 5.16 Å². The highest BCUT2D eigenvalue weighted by atomic mass is 32.2. The molecule has 0 saturated carbocycles. The van der Waals surface area contributed by atoms with Crippen LogP contribution in [0.2, 0.25) is 0 Å². The molecule has 0 aliphatic rings. The van der Waals surface area contributed by atoms with Crippen molar-refractivity contribution in [3.05, 3.63) is 99.6 Å². The summed E-state index contributed by atoms with van der Waals surface area (Å²) in [6.07, 6.45) is -5.28. The number of methoxy groups -OCH3 is 3. The van der Waals surface area contributed by atoms with Gasteiger partial charge in [0.15, 0.2) is 62.8 Å². The van der Waals surface area contributed by atoms with Crippen LogP contribution < -0.4 is 29.5 Å². The molecule has 4 rings (SSSR count). The summed E-state index contributed by atoms with van der Waals surface area (Å²) in [4.78, 5) is -4.73. The topological polar surface area (TPSA) is 203 Å². The molecule has 0 atom stereocenters. The lowest BCUT2D eigenvalue weighted by Crippen LogP contribution is -2.25. The smallest absolute Gasteiger partial charge is 0.437 e. The lowest BCUT2D eigenvalue weighted by molar-refractivity contribution is -0.777. The molecule has 0 saturated heterocycles. The summed E-state index contributed by atoms with van der Waals surface area (Å²) >= 11 is -0.613. The Kier molecular flexibility index (Phi) is 26.3.